The van der Waals surface area contributed by atoms with E-state index in [0.717, 1.165) is 32.8 Å². The first-order valence-corrected chi connectivity index (χ1v) is 9.37. The van der Waals surface area contributed by atoms with Crippen molar-refractivity contribution in [1.29, 1.82) is 0 Å². The molecule has 1 N–H and O–H groups in total. The summed E-state index contributed by atoms with van der Waals surface area (Å²) in [5.74, 6) is 0. The smallest absolute Gasteiger partial charge is 0.0979 e. The van der Waals surface area contributed by atoms with Gasteiger partial charge in [0.1, 0.15) is 0 Å². The highest BCUT2D eigenvalue weighted by atomic mass is 32.2. The van der Waals surface area contributed by atoms with Crippen LogP contribution < -0.4 is 0 Å². The molecule has 0 aliphatic carbocycles. The van der Waals surface area contributed by atoms with E-state index >= 15 is 0 Å². The minimum atomic E-state index is 0.978. The van der Waals surface area contributed by atoms with Crippen LogP contribution in [0.3, 0.4) is 0 Å². The fourth-order valence-electron chi connectivity index (χ4n) is 3.52. The maximum atomic E-state index is 4.71. The second kappa shape index (κ2) is 5.60. The highest BCUT2D eigenvalue weighted by Gasteiger charge is 2.15. The second-order valence-corrected chi connectivity index (χ2v) is 6.82. The van der Waals surface area contributed by atoms with Crippen LogP contribution >= 0.6 is 11.8 Å². The number of benzene rings is 2. The lowest BCUT2D eigenvalue weighted by atomic mass is 9.98. The molecule has 0 saturated heterocycles. The minimum absolute atomic E-state index is 0.978. The summed E-state index contributed by atoms with van der Waals surface area (Å²) in [5.41, 5.74) is 6.53. The van der Waals surface area contributed by atoms with Crippen molar-refractivity contribution >= 4 is 44.6 Å². The number of hydrogen-bond donors (Lipinski definition) is 1. The molecule has 0 bridgehead atoms. The number of nitrogens with zero attached hydrogens (tertiary/aromatic N) is 2. The third-order valence-electron chi connectivity index (χ3n) is 4.60. The van der Waals surface area contributed by atoms with Crippen molar-refractivity contribution in [2.45, 2.75) is 4.90 Å². The summed E-state index contributed by atoms with van der Waals surface area (Å²) >= 11 is 1.77. The third-order valence-corrected chi connectivity index (χ3v) is 5.40. The Balaban J connectivity index is 1.98. The first kappa shape index (κ1) is 14.5. The van der Waals surface area contributed by atoms with Crippen LogP contribution in [0.1, 0.15) is 0 Å². The van der Waals surface area contributed by atoms with Crippen LogP contribution in [-0.2, 0) is 0 Å². The molecule has 0 fully saturated rings. The largest absolute Gasteiger partial charge is 0.353 e. The molecule has 0 radical (unpaired) electrons. The summed E-state index contributed by atoms with van der Waals surface area (Å²) in [6, 6.07) is 18.9. The Morgan fingerprint density at radius 2 is 1.60 bits per heavy atom. The third kappa shape index (κ3) is 2.14. The second-order valence-electron chi connectivity index (χ2n) is 5.97. The number of aromatic nitrogens is 3. The van der Waals surface area contributed by atoms with Crippen LogP contribution in [0.2, 0.25) is 0 Å². The van der Waals surface area contributed by atoms with E-state index in [9.17, 15) is 0 Å². The fraction of sp³-hybridized carbons (Fsp3) is 0.0476. The molecule has 4 heteroatoms. The van der Waals surface area contributed by atoms with Crippen LogP contribution in [-0.4, -0.2) is 21.2 Å². The Hall–Kier alpha value is -2.85. The summed E-state index contributed by atoms with van der Waals surface area (Å²) in [7, 11) is 0. The molecular weight excluding hydrogens is 326 g/mol. The lowest BCUT2D eigenvalue weighted by Gasteiger charge is -2.11. The predicted octanol–water partition coefficient (Wildman–Crippen LogP) is 5.65. The summed E-state index contributed by atoms with van der Waals surface area (Å²) in [4.78, 5) is 14.1. The Labute approximate surface area is 149 Å². The van der Waals surface area contributed by atoms with Gasteiger partial charge in [0.15, 0.2) is 0 Å². The molecule has 0 aliphatic heterocycles. The normalized spacial score (nSPS) is 11.6. The quantitative estimate of drug-likeness (QED) is 0.422. The number of hydrogen-bond acceptors (Lipinski definition) is 3. The van der Waals surface area contributed by atoms with Gasteiger partial charge >= 0.3 is 0 Å². The van der Waals surface area contributed by atoms with Gasteiger partial charge in [0, 0.05) is 22.7 Å². The molecule has 5 rings (SSSR count). The van der Waals surface area contributed by atoms with Crippen molar-refractivity contribution in [3.63, 3.8) is 0 Å². The van der Waals surface area contributed by atoms with Crippen molar-refractivity contribution in [3.8, 4) is 11.1 Å². The highest BCUT2D eigenvalue weighted by Crippen LogP contribution is 2.39. The first-order valence-electron chi connectivity index (χ1n) is 8.14. The van der Waals surface area contributed by atoms with Gasteiger partial charge in [0.2, 0.25) is 0 Å². The predicted molar refractivity (Wildman–Crippen MR) is 106 cm³/mol. The molecule has 0 amide bonds. The molecule has 25 heavy (non-hydrogen) atoms. The van der Waals surface area contributed by atoms with Crippen LogP contribution in [0.25, 0.3) is 44.0 Å². The Morgan fingerprint density at radius 1 is 0.800 bits per heavy atom. The molecule has 3 nitrogen and oxygen atoms in total. The SMILES string of the molecule is CSc1ccccc1-c1cc2[nH]c3cccnc3c2c2ncccc12. The minimum Gasteiger partial charge on any atom is -0.353 e. The van der Waals surface area contributed by atoms with Crippen LogP contribution in [0, 0.1) is 0 Å². The van der Waals surface area contributed by atoms with Gasteiger partial charge in [-0.05, 0) is 47.7 Å². The highest BCUT2D eigenvalue weighted by molar-refractivity contribution is 7.98. The van der Waals surface area contributed by atoms with E-state index in [0.29, 0.717) is 0 Å². The summed E-state index contributed by atoms with van der Waals surface area (Å²) in [5, 5.41) is 2.25. The van der Waals surface area contributed by atoms with Gasteiger partial charge in [-0.2, -0.15) is 0 Å². The monoisotopic (exact) mass is 341 g/mol. The van der Waals surface area contributed by atoms with Gasteiger partial charge in [0.25, 0.3) is 0 Å². The van der Waals surface area contributed by atoms with Crippen LogP contribution in [0.15, 0.2) is 71.9 Å². The van der Waals surface area contributed by atoms with Gasteiger partial charge in [-0.1, -0.05) is 24.3 Å². The lowest BCUT2D eigenvalue weighted by Crippen LogP contribution is -1.88. The fourth-order valence-corrected chi connectivity index (χ4v) is 4.14. The Bertz CT molecular complexity index is 1240. The molecule has 2 aromatic carbocycles. The van der Waals surface area contributed by atoms with Crippen molar-refractivity contribution in [1.82, 2.24) is 15.0 Å². The number of nitrogens with one attached hydrogen (secondary N) is 1. The molecular formula is C21H15N3S. The first-order chi connectivity index (χ1) is 12.4. The van der Waals surface area contributed by atoms with Gasteiger partial charge in [0.05, 0.1) is 27.5 Å². The van der Waals surface area contributed by atoms with Crippen molar-refractivity contribution in [2.75, 3.05) is 6.26 Å². The molecule has 0 saturated carbocycles. The molecule has 0 aliphatic rings. The number of aromatic amines is 1. The van der Waals surface area contributed by atoms with E-state index in [1.807, 2.05) is 24.5 Å². The number of rotatable bonds is 2. The topological polar surface area (TPSA) is 41.6 Å². The van der Waals surface area contributed by atoms with Gasteiger partial charge in [-0.25, -0.2) is 0 Å². The zero-order chi connectivity index (χ0) is 16.8. The molecule has 0 unspecified atom stereocenters. The molecule has 0 atom stereocenters. The number of pyridine rings is 2. The van der Waals surface area contributed by atoms with Crippen LogP contribution in [0.4, 0.5) is 0 Å². The molecule has 0 spiro atoms. The summed E-state index contributed by atoms with van der Waals surface area (Å²) < 4.78 is 0. The average Bonchev–Trinajstić information content (AvgIpc) is 3.06. The van der Waals surface area contributed by atoms with Gasteiger partial charge in [-0.15, -0.1) is 11.8 Å². The number of fused-ring (bicyclic) bond motifs is 5. The van der Waals surface area contributed by atoms with E-state index in [4.69, 9.17) is 4.98 Å². The standard InChI is InChI=1S/C21H15N3S/c1-25-18-9-3-2-6-13(18)15-12-17-19(20-14(15)7-4-10-22-20)21-16(24-17)8-5-11-23-21/h2-12,24H,1H3. The zero-order valence-corrected chi connectivity index (χ0v) is 14.5. The molecule has 3 aromatic heterocycles. The van der Waals surface area contributed by atoms with Crippen molar-refractivity contribution in [3.05, 3.63) is 67.0 Å². The Morgan fingerprint density at radius 3 is 2.48 bits per heavy atom. The zero-order valence-electron chi connectivity index (χ0n) is 13.7. The molecule has 120 valence electrons. The Kier molecular flexibility index (Phi) is 3.25. The van der Waals surface area contributed by atoms with Gasteiger partial charge < -0.3 is 4.98 Å². The van der Waals surface area contributed by atoms with E-state index in [-0.39, 0.29) is 0 Å². The van der Waals surface area contributed by atoms with E-state index in [1.54, 1.807) is 11.8 Å². The lowest BCUT2D eigenvalue weighted by molar-refractivity contribution is 1.41. The number of thioether (sulfide) groups is 1. The van der Waals surface area contributed by atoms with E-state index in [1.165, 1.54) is 16.0 Å². The number of H-pyrrole nitrogens is 1. The van der Waals surface area contributed by atoms with E-state index in [2.05, 4.69) is 58.7 Å². The maximum Gasteiger partial charge on any atom is 0.0979 e. The van der Waals surface area contributed by atoms with Crippen molar-refractivity contribution < 1.29 is 0 Å². The average molecular weight is 341 g/mol. The van der Waals surface area contributed by atoms with E-state index < -0.39 is 0 Å². The maximum absolute atomic E-state index is 4.71. The summed E-state index contributed by atoms with van der Waals surface area (Å²) in [6.45, 7) is 0. The molecule has 5 aromatic rings. The van der Waals surface area contributed by atoms with Crippen molar-refractivity contribution in [2.24, 2.45) is 0 Å². The molecule has 3 heterocycles. The van der Waals surface area contributed by atoms with Gasteiger partial charge in [-0.3, -0.25) is 9.97 Å². The summed E-state index contributed by atoms with van der Waals surface area (Å²) in [6.07, 6.45) is 5.81. The van der Waals surface area contributed by atoms with Crippen LogP contribution in [0.5, 0.6) is 0 Å².